The van der Waals surface area contributed by atoms with E-state index in [1.54, 1.807) is 4.68 Å². The zero-order valence-electron chi connectivity index (χ0n) is 11.5. The van der Waals surface area contributed by atoms with Gasteiger partial charge in [0.15, 0.2) is 4.60 Å². The summed E-state index contributed by atoms with van der Waals surface area (Å²) in [6, 6.07) is 8.12. The van der Waals surface area contributed by atoms with Crippen molar-refractivity contribution < 1.29 is 0 Å². The van der Waals surface area contributed by atoms with E-state index in [1.165, 1.54) is 0 Å². The van der Waals surface area contributed by atoms with Crippen molar-refractivity contribution in [1.82, 2.24) is 30.1 Å². The molecule has 0 saturated carbocycles. The third-order valence-corrected chi connectivity index (χ3v) is 4.01. The highest BCUT2D eigenvalue weighted by atomic mass is 79.9. The standard InChI is InChI=1S/C13H15BrN6/c1-15-11(12-13(14)16-18-20(12)3)10-8-6-4-5-7-9(8)19(2)17-10/h4-7,11,15H,1-3H3. The molecule has 2 aromatic heterocycles. The first-order chi connectivity index (χ1) is 9.63. The molecule has 6 nitrogen and oxygen atoms in total. The number of aromatic nitrogens is 5. The molecule has 0 fully saturated rings. The summed E-state index contributed by atoms with van der Waals surface area (Å²) >= 11 is 3.46. The van der Waals surface area contributed by atoms with Crippen LogP contribution < -0.4 is 5.32 Å². The number of hydrogen-bond acceptors (Lipinski definition) is 4. The molecule has 3 rings (SSSR count). The monoisotopic (exact) mass is 334 g/mol. The Morgan fingerprint density at radius 1 is 1.20 bits per heavy atom. The summed E-state index contributed by atoms with van der Waals surface area (Å²) in [6.07, 6.45) is 0. The molecule has 0 radical (unpaired) electrons. The summed E-state index contributed by atoms with van der Waals surface area (Å²) < 4.78 is 4.38. The average Bonchev–Trinajstić information content (AvgIpc) is 2.95. The summed E-state index contributed by atoms with van der Waals surface area (Å²) in [5, 5.41) is 17.2. The zero-order valence-corrected chi connectivity index (χ0v) is 13.1. The molecule has 2 heterocycles. The number of fused-ring (bicyclic) bond motifs is 1. The van der Waals surface area contributed by atoms with Crippen LogP contribution in [0.2, 0.25) is 0 Å². The Labute approximate surface area is 124 Å². The second kappa shape index (κ2) is 4.99. The van der Waals surface area contributed by atoms with E-state index in [-0.39, 0.29) is 6.04 Å². The summed E-state index contributed by atoms with van der Waals surface area (Å²) in [4.78, 5) is 0. The predicted molar refractivity (Wildman–Crippen MR) is 80.3 cm³/mol. The Morgan fingerprint density at radius 2 is 1.95 bits per heavy atom. The first-order valence-electron chi connectivity index (χ1n) is 6.27. The molecule has 0 aliphatic heterocycles. The largest absolute Gasteiger partial charge is 0.307 e. The number of hydrogen-bond donors (Lipinski definition) is 1. The normalized spacial score (nSPS) is 13.0. The van der Waals surface area contributed by atoms with Crippen LogP contribution in [-0.4, -0.2) is 31.8 Å². The number of aryl methyl sites for hydroxylation is 2. The van der Waals surface area contributed by atoms with Crippen molar-refractivity contribution in [1.29, 1.82) is 0 Å². The van der Waals surface area contributed by atoms with Crippen molar-refractivity contribution in [3.8, 4) is 0 Å². The van der Waals surface area contributed by atoms with E-state index in [2.05, 4.69) is 48.8 Å². The van der Waals surface area contributed by atoms with E-state index >= 15 is 0 Å². The first-order valence-corrected chi connectivity index (χ1v) is 7.06. The molecule has 0 spiro atoms. The van der Waals surface area contributed by atoms with Crippen molar-refractivity contribution in [3.63, 3.8) is 0 Å². The second-order valence-electron chi connectivity index (χ2n) is 4.64. The van der Waals surface area contributed by atoms with Gasteiger partial charge in [-0.3, -0.25) is 4.68 Å². The van der Waals surface area contributed by atoms with E-state index in [0.29, 0.717) is 0 Å². The van der Waals surface area contributed by atoms with E-state index < -0.39 is 0 Å². The lowest BCUT2D eigenvalue weighted by molar-refractivity contribution is 0.579. The number of nitrogens with zero attached hydrogens (tertiary/aromatic N) is 5. The Morgan fingerprint density at radius 3 is 2.60 bits per heavy atom. The van der Waals surface area contributed by atoms with Crippen molar-refractivity contribution >= 4 is 26.8 Å². The minimum absolute atomic E-state index is 0.0736. The smallest absolute Gasteiger partial charge is 0.153 e. The van der Waals surface area contributed by atoms with E-state index in [1.807, 2.05) is 38.0 Å². The SMILES string of the molecule is CNC(c1nn(C)c2ccccc12)c1c(Br)nnn1C. The molecule has 3 aromatic rings. The van der Waals surface area contributed by atoms with Gasteiger partial charge in [0.1, 0.15) is 0 Å². The Hall–Kier alpha value is -1.73. The lowest BCUT2D eigenvalue weighted by Gasteiger charge is -2.14. The van der Waals surface area contributed by atoms with Crippen LogP contribution in [0.5, 0.6) is 0 Å². The molecule has 0 aliphatic carbocycles. The molecule has 7 heteroatoms. The third-order valence-electron chi connectivity index (χ3n) is 3.45. The van der Waals surface area contributed by atoms with Gasteiger partial charge in [0, 0.05) is 19.5 Å². The van der Waals surface area contributed by atoms with Gasteiger partial charge in [0.05, 0.1) is 22.9 Å². The van der Waals surface area contributed by atoms with Crippen LogP contribution in [-0.2, 0) is 14.1 Å². The lowest BCUT2D eigenvalue weighted by atomic mass is 10.1. The number of nitrogens with one attached hydrogen (secondary N) is 1. The van der Waals surface area contributed by atoms with Gasteiger partial charge in [-0.15, -0.1) is 5.10 Å². The number of rotatable bonds is 3. The van der Waals surface area contributed by atoms with Crippen LogP contribution in [0, 0.1) is 0 Å². The topological polar surface area (TPSA) is 60.6 Å². The Balaban J connectivity index is 2.23. The minimum atomic E-state index is -0.0736. The molecule has 1 unspecified atom stereocenters. The summed E-state index contributed by atoms with van der Waals surface area (Å²) in [5.41, 5.74) is 3.03. The Kier molecular flexibility index (Phi) is 3.31. The van der Waals surface area contributed by atoms with Gasteiger partial charge in [0.25, 0.3) is 0 Å². The van der Waals surface area contributed by atoms with Gasteiger partial charge in [-0.25, -0.2) is 4.68 Å². The molecular weight excluding hydrogens is 320 g/mol. The van der Waals surface area contributed by atoms with Crippen LogP contribution in [0.4, 0.5) is 0 Å². The van der Waals surface area contributed by atoms with Crippen LogP contribution in [0.1, 0.15) is 17.4 Å². The van der Waals surface area contributed by atoms with Gasteiger partial charge < -0.3 is 5.32 Å². The number of benzene rings is 1. The quantitative estimate of drug-likeness (QED) is 0.793. The van der Waals surface area contributed by atoms with Gasteiger partial charge >= 0.3 is 0 Å². The molecule has 20 heavy (non-hydrogen) atoms. The van der Waals surface area contributed by atoms with Gasteiger partial charge in [-0.05, 0) is 29.0 Å². The van der Waals surface area contributed by atoms with Crippen LogP contribution in [0.3, 0.4) is 0 Å². The van der Waals surface area contributed by atoms with Crippen molar-refractivity contribution in [2.24, 2.45) is 14.1 Å². The third kappa shape index (κ3) is 1.94. The highest BCUT2D eigenvalue weighted by Gasteiger charge is 2.25. The fourth-order valence-electron chi connectivity index (χ4n) is 2.50. The molecular formula is C13H15BrN6. The predicted octanol–water partition coefficient (Wildman–Crippen LogP) is 1.77. The number of para-hydroxylation sites is 1. The molecule has 104 valence electrons. The van der Waals surface area contributed by atoms with Gasteiger partial charge in [-0.2, -0.15) is 5.10 Å². The fraction of sp³-hybridized carbons (Fsp3) is 0.308. The maximum absolute atomic E-state index is 4.66. The second-order valence-corrected chi connectivity index (χ2v) is 5.39. The average molecular weight is 335 g/mol. The van der Waals surface area contributed by atoms with E-state index in [9.17, 15) is 0 Å². The van der Waals surface area contributed by atoms with Crippen molar-refractivity contribution in [2.75, 3.05) is 7.05 Å². The highest BCUT2D eigenvalue weighted by Crippen LogP contribution is 2.30. The lowest BCUT2D eigenvalue weighted by Crippen LogP contribution is -2.22. The maximum Gasteiger partial charge on any atom is 0.153 e. The van der Waals surface area contributed by atoms with Gasteiger partial charge in [0.2, 0.25) is 0 Å². The van der Waals surface area contributed by atoms with Gasteiger partial charge in [-0.1, -0.05) is 23.4 Å². The minimum Gasteiger partial charge on any atom is -0.307 e. The van der Waals surface area contributed by atoms with E-state index in [4.69, 9.17) is 0 Å². The maximum atomic E-state index is 4.66. The first kappa shape index (κ1) is 13.3. The van der Waals surface area contributed by atoms with Crippen LogP contribution in [0.15, 0.2) is 28.9 Å². The molecule has 1 N–H and O–H groups in total. The zero-order chi connectivity index (χ0) is 14.3. The number of halogens is 1. The summed E-state index contributed by atoms with van der Waals surface area (Å²) in [7, 11) is 5.74. The van der Waals surface area contributed by atoms with E-state index in [0.717, 1.165) is 26.9 Å². The van der Waals surface area contributed by atoms with Crippen molar-refractivity contribution in [3.05, 3.63) is 40.3 Å². The molecule has 0 saturated heterocycles. The van der Waals surface area contributed by atoms with Crippen molar-refractivity contribution in [2.45, 2.75) is 6.04 Å². The Bertz CT molecular complexity index is 740. The molecule has 0 aliphatic rings. The summed E-state index contributed by atoms with van der Waals surface area (Å²) in [5.74, 6) is 0. The molecule has 1 atom stereocenters. The van der Waals surface area contributed by atoms with Crippen LogP contribution >= 0.6 is 15.9 Å². The molecule has 1 aromatic carbocycles. The molecule has 0 bridgehead atoms. The summed E-state index contributed by atoms with van der Waals surface area (Å²) in [6.45, 7) is 0. The highest BCUT2D eigenvalue weighted by molar-refractivity contribution is 9.10. The molecule has 0 amide bonds. The van der Waals surface area contributed by atoms with Crippen LogP contribution in [0.25, 0.3) is 10.9 Å². The fourth-order valence-corrected chi connectivity index (χ4v) is 3.06.